The van der Waals surface area contributed by atoms with E-state index < -0.39 is 47.3 Å². The first kappa shape index (κ1) is 33.4. The third-order valence-corrected chi connectivity index (χ3v) is 4.95. The zero-order chi connectivity index (χ0) is 31.0. The van der Waals surface area contributed by atoms with Crippen molar-refractivity contribution in [2.24, 2.45) is 0 Å². The second-order valence-corrected chi connectivity index (χ2v) is 12.4. The number of hydrogen-bond donors (Lipinski definition) is 0. The van der Waals surface area contributed by atoms with Crippen molar-refractivity contribution in [3.63, 3.8) is 0 Å². The summed E-state index contributed by atoms with van der Waals surface area (Å²) in [6, 6.07) is 8.76. The second kappa shape index (κ2) is 13.7. The molecule has 0 unspecified atom stereocenters. The van der Waals surface area contributed by atoms with E-state index in [1.807, 2.05) is 12.1 Å². The summed E-state index contributed by atoms with van der Waals surface area (Å²) in [6.45, 7) is 14.6. The molecule has 0 saturated carbocycles. The molecule has 0 fully saturated rings. The van der Waals surface area contributed by atoms with E-state index in [1.54, 1.807) is 80.5 Å². The molecule has 0 atom stereocenters. The number of benzene rings is 2. The lowest BCUT2D eigenvalue weighted by Crippen LogP contribution is -2.27. The lowest BCUT2D eigenvalue weighted by atomic mass is 9.99. The fraction of sp³-hybridized carbons (Fsp3) is 0.548. The average Bonchev–Trinajstić information content (AvgIpc) is 2.80. The summed E-state index contributed by atoms with van der Waals surface area (Å²) in [5, 5.41) is 1.50. The van der Waals surface area contributed by atoms with Crippen molar-refractivity contribution in [3.8, 4) is 11.5 Å². The SMILES string of the molecule is CC(C)(C)OC(=O)COC(=O)CCc1c(OCC(=O)OC(C)(C)C)ccc2ccc(OCC(=O)OC(C)(C)C)cc12. The van der Waals surface area contributed by atoms with Crippen molar-refractivity contribution >= 4 is 34.6 Å². The molecule has 0 aliphatic heterocycles. The standard InChI is InChI=1S/C31H42O10/c1-29(2,3)39-26(33)17-36-21-12-10-20-11-14-24(37-18-27(34)40-30(4,5)6)22(23(20)16-21)13-15-25(32)38-19-28(35)41-31(7,8)9/h10-12,14,16H,13,15,17-19H2,1-9H3. The number of hydrogen-bond acceptors (Lipinski definition) is 10. The van der Waals surface area contributed by atoms with Crippen LogP contribution in [0.25, 0.3) is 10.8 Å². The predicted molar refractivity (Wildman–Crippen MR) is 152 cm³/mol. The van der Waals surface area contributed by atoms with E-state index in [-0.39, 0.29) is 26.1 Å². The van der Waals surface area contributed by atoms with Gasteiger partial charge in [-0.15, -0.1) is 0 Å². The van der Waals surface area contributed by atoms with E-state index in [4.69, 9.17) is 28.4 Å². The normalized spacial score (nSPS) is 11.9. The molecule has 0 aromatic heterocycles. The molecule has 2 aromatic carbocycles. The van der Waals surface area contributed by atoms with Crippen molar-refractivity contribution in [1.29, 1.82) is 0 Å². The van der Waals surface area contributed by atoms with E-state index in [9.17, 15) is 19.2 Å². The zero-order valence-corrected chi connectivity index (χ0v) is 25.5. The van der Waals surface area contributed by atoms with Crippen LogP contribution in [0.4, 0.5) is 0 Å². The van der Waals surface area contributed by atoms with Gasteiger partial charge in [0.05, 0.1) is 0 Å². The Morgan fingerprint density at radius 2 is 1.10 bits per heavy atom. The van der Waals surface area contributed by atoms with E-state index in [0.717, 1.165) is 5.39 Å². The first-order chi connectivity index (χ1) is 18.8. The molecule has 0 saturated heterocycles. The Bertz CT molecular complexity index is 1240. The number of carbonyl (C=O) groups excluding carboxylic acids is 4. The maximum Gasteiger partial charge on any atom is 0.344 e. The topological polar surface area (TPSA) is 124 Å². The van der Waals surface area contributed by atoms with E-state index in [2.05, 4.69) is 0 Å². The lowest BCUT2D eigenvalue weighted by Gasteiger charge is -2.20. The van der Waals surface area contributed by atoms with Gasteiger partial charge < -0.3 is 28.4 Å². The summed E-state index contributed by atoms with van der Waals surface area (Å²) in [5.74, 6) is -1.55. The highest BCUT2D eigenvalue weighted by atomic mass is 16.6. The third-order valence-electron chi connectivity index (χ3n) is 4.95. The maximum absolute atomic E-state index is 12.5. The molecule has 0 spiro atoms. The maximum atomic E-state index is 12.5. The van der Waals surface area contributed by atoms with Crippen LogP contribution in [0, 0.1) is 0 Å². The monoisotopic (exact) mass is 574 g/mol. The molecular formula is C31H42O10. The summed E-state index contributed by atoms with van der Waals surface area (Å²) >= 11 is 0. The molecule has 0 heterocycles. The van der Waals surface area contributed by atoms with Crippen LogP contribution < -0.4 is 9.47 Å². The van der Waals surface area contributed by atoms with E-state index >= 15 is 0 Å². The van der Waals surface area contributed by atoms with Crippen LogP contribution in [0.2, 0.25) is 0 Å². The molecule has 2 rings (SSSR count). The molecule has 0 radical (unpaired) electrons. The Hall–Kier alpha value is -3.82. The molecule has 0 N–H and O–H groups in total. The molecular weight excluding hydrogens is 532 g/mol. The summed E-state index contributed by atoms with van der Waals surface area (Å²) in [6.07, 6.45) is 0.0946. The van der Waals surface area contributed by atoms with Gasteiger partial charge >= 0.3 is 23.9 Å². The fourth-order valence-electron chi connectivity index (χ4n) is 3.65. The molecule has 0 aliphatic carbocycles. The van der Waals surface area contributed by atoms with Crippen LogP contribution >= 0.6 is 0 Å². The Kier molecular flexibility index (Phi) is 11.2. The molecule has 10 heteroatoms. The number of carbonyl (C=O) groups is 4. The number of rotatable bonds is 11. The second-order valence-electron chi connectivity index (χ2n) is 12.4. The van der Waals surface area contributed by atoms with Crippen molar-refractivity contribution in [2.45, 2.75) is 92.0 Å². The van der Waals surface area contributed by atoms with Crippen LogP contribution in [-0.2, 0) is 44.5 Å². The predicted octanol–water partition coefficient (Wildman–Crippen LogP) is 5.10. The van der Waals surface area contributed by atoms with Gasteiger partial charge in [0.2, 0.25) is 0 Å². The Balaban J connectivity index is 2.26. The smallest absolute Gasteiger partial charge is 0.344 e. The van der Waals surface area contributed by atoms with Gasteiger partial charge in [0.15, 0.2) is 19.8 Å². The third kappa shape index (κ3) is 12.9. The van der Waals surface area contributed by atoms with E-state index in [1.165, 1.54) is 0 Å². The number of esters is 4. The molecule has 226 valence electrons. The lowest BCUT2D eigenvalue weighted by molar-refractivity contribution is -0.166. The summed E-state index contributed by atoms with van der Waals surface area (Å²) in [7, 11) is 0. The molecule has 2 aromatic rings. The van der Waals surface area contributed by atoms with Crippen molar-refractivity contribution in [3.05, 3.63) is 35.9 Å². The zero-order valence-electron chi connectivity index (χ0n) is 25.5. The Morgan fingerprint density at radius 1 is 0.610 bits per heavy atom. The molecule has 0 amide bonds. The van der Waals surface area contributed by atoms with E-state index in [0.29, 0.717) is 22.4 Å². The quantitative estimate of drug-likeness (QED) is 0.264. The largest absolute Gasteiger partial charge is 0.482 e. The average molecular weight is 575 g/mol. The minimum atomic E-state index is -0.698. The summed E-state index contributed by atoms with van der Waals surface area (Å²) < 4.78 is 32.4. The highest BCUT2D eigenvalue weighted by molar-refractivity contribution is 5.90. The van der Waals surface area contributed by atoms with Gasteiger partial charge in [-0.2, -0.15) is 0 Å². The molecule has 41 heavy (non-hydrogen) atoms. The van der Waals surface area contributed by atoms with Crippen molar-refractivity contribution in [1.82, 2.24) is 0 Å². The highest BCUT2D eigenvalue weighted by Crippen LogP contribution is 2.32. The van der Waals surface area contributed by atoms with Crippen molar-refractivity contribution < 1.29 is 47.6 Å². The fourth-order valence-corrected chi connectivity index (χ4v) is 3.65. The van der Waals surface area contributed by atoms with Gasteiger partial charge in [0.1, 0.15) is 28.3 Å². The Labute approximate surface area is 241 Å². The van der Waals surface area contributed by atoms with Crippen molar-refractivity contribution in [2.75, 3.05) is 19.8 Å². The number of aryl methyl sites for hydroxylation is 1. The molecule has 0 aliphatic rings. The van der Waals surface area contributed by atoms with Gasteiger partial charge in [0, 0.05) is 12.0 Å². The minimum Gasteiger partial charge on any atom is -0.482 e. The number of fused-ring (bicyclic) bond motifs is 1. The number of ether oxygens (including phenoxy) is 6. The molecule has 0 bridgehead atoms. The van der Waals surface area contributed by atoms with Crippen LogP contribution in [-0.4, -0.2) is 60.5 Å². The summed E-state index contributed by atoms with van der Waals surface area (Å²) in [5.41, 5.74) is -1.40. The molecule has 10 nitrogen and oxygen atoms in total. The van der Waals surface area contributed by atoms with Gasteiger partial charge in [-0.05, 0) is 97.7 Å². The van der Waals surface area contributed by atoms with Crippen LogP contribution in [0.1, 0.15) is 74.3 Å². The Morgan fingerprint density at radius 3 is 1.63 bits per heavy atom. The van der Waals surface area contributed by atoms with Gasteiger partial charge in [-0.3, -0.25) is 4.79 Å². The van der Waals surface area contributed by atoms with Crippen LogP contribution in [0.5, 0.6) is 11.5 Å². The first-order valence-electron chi connectivity index (χ1n) is 13.4. The van der Waals surface area contributed by atoms with Gasteiger partial charge in [-0.25, -0.2) is 14.4 Å². The van der Waals surface area contributed by atoms with Crippen LogP contribution in [0.3, 0.4) is 0 Å². The minimum absolute atomic E-state index is 0.0757. The van der Waals surface area contributed by atoms with Crippen LogP contribution in [0.15, 0.2) is 30.3 Å². The first-order valence-corrected chi connectivity index (χ1v) is 13.4. The van der Waals surface area contributed by atoms with Gasteiger partial charge in [-0.1, -0.05) is 12.1 Å². The summed E-state index contributed by atoms with van der Waals surface area (Å²) in [4.78, 5) is 48.8. The highest BCUT2D eigenvalue weighted by Gasteiger charge is 2.21. The van der Waals surface area contributed by atoms with Gasteiger partial charge in [0.25, 0.3) is 0 Å².